The van der Waals surface area contributed by atoms with Crippen LogP contribution >= 0.6 is 0 Å². The summed E-state index contributed by atoms with van der Waals surface area (Å²) in [6, 6.07) is 8.92. The molecule has 154 valence electrons. The third-order valence-corrected chi connectivity index (χ3v) is 6.46. The average Bonchev–Trinajstić information content (AvgIpc) is 3.10. The van der Waals surface area contributed by atoms with Gasteiger partial charge in [0.15, 0.2) is 0 Å². The van der Waals surface area contributed by atoms with Crippen LogP contribution in [0.1, 0.15) is 24.2 Å². The number of rotatable bonds is 8. The molecule has 1 aliphatic heterocycles. The van der Waals surface area contributed by atoms with Gasteiger partial charge in [-0.15, -0.1) is 0 Å². The van der Waals surface area contributed by atoms with Gasteiger partial charge in [-0.05, 0) is 49.7 Å². The zero-order chi connectivity index (χ0) is 20.1. The molecule has 0 saturated carbocycles. The number of sulfonamides is 1. The van der Waals surface area contributed by atoms with Gasteiger partial charge in [0, 0.05) is 38.6 Å². The second kappa shape index (κ2) is 9.09. The van der Waals surface area contributed by atoms with Crippen molar-refractivity contribution in [3.05, 3.63) is 47.8 Å². The van der Waals surface area contributed by atoms with Crippen LogP contribution < -0.4 is 9.46 Å². The van der Waals surface area contributed by atoms with Gasteiger partial charge in [-0.25, -0.2) is 13.1 Å². The Hall–Kier alpha value is -1.87. The minimum Gasteiger partial charge on any atom is -0.494 e. The molecule has 0 spiro atoms. The van der Waals surface area contributed by atoms with Gasteiger partial charge in [-0.2, -0.15) is 0 Å². The van der Waals surface area contributed by atoms with Crippen molar-refractivity contribution in [3.8, 4) is 5.75 Å². The van der Waals surface area contributed by atoms with Crippen LogP contribution in [0.15, 0.2) is 41.4 Å². The van der Waals surface area contributed by atoms with Crippen LogP contribution in [-0.2, 0) is 21.8 Å². The Labute approximate surface area is 167 Å². The lowest BCUT2D eigenvalue weighted by atomic mass is 10.1. The molecule has 0 amide bonds. The largest absolute Gasteiger partial charge is 0.494 e. The van der Waals surface area contributed by atoms with Gasteiger partial charge in [0.1, 0.15) is 5.75 Å². The third-order valence-electron chi connectivity index (χ3n) is 5.04. The first-order valence-electron chi connectivity index (χ1n) is 9.58. The van der Waals surface area contributed by atoms with Crippen LogP contribution in [0.25, 0.3) is 0 Å². The Bertz CT molecular complexity index is 889. The topological polar surface area (TPSA) is 72.8 Å². The number of benzene rings is 1. The quantitative estimate of drug-likeness (QED) is 0.725. The van der Waals surface area contributed by atoms with Gasteiger partial charge in [-0.3, -0.25) is 4.90 Å². The molecule has 0 radical (unpaired) electrons. The van der Waals surface area contributed by atoms with E-state index >= 15 is 0 Å². The summed E-state index contributed by atoms with van der Waals surface area (Å²) in [5.41, 5.74) is 1.88. The average molecular weight is 408 g/mol. The van der Waals surface area contributed by atoms with Crippen molar-refractivity contribution in [1.29, 1.82) is 0 Å². The first-order valence-corrected chi connectivity index (χ1v) is 11.1. The lowest BCUT2D eigenvalue weighted by Gasteiger charge is -2.34. The molecule has 28 heavy (non-hydrogen) atoms. The van der Waals surface area contributed by atoms with Crippen LogP contribution in [0.5, 0.6) is 5.75 Å². The molecule has 1 saturated heterocycles. The highest BCUT2D eigenvalue weighted by Crippen LogP contribution is 2.24. The molecule has 1 aromatic heterocycles. The molecule has 1 N–H and O–H groups in total. The number of aryl methyl sites for hydroxylation is 2. The molecule has 2 heterocycles. The van der Waals surface area contributed by atoms with E-state index in [0.717, 1.165) is 24.3 Å². The van der Waals surface area contributed by atoms with Gasteiger partial charge < -0.3 is 14.0 Å². The molecule has 2 aromatic rings. The smallest absolute Gasteiger partial charge is 0.240 e. The molecule has 1 aliphatic rings. The Morgan fingerprint density at radius 1 is 1.25 bits per heavy atom. The molecule has 0 bridgehead atoms. The molecule has 8 heteroatoms. The Kier molecular flexibility index (Phi) is 6.77. The van der Waals surface area contributed by atoms with Crippen molar-refractivity contribution in [1.82, 2.24) is 14.2 Å². The number of nitrogens with zero attached hydrogens (tertiary/aromatic N) is 2. The minimum atomic E-state index is -3.62. The molecular formula is C20H29N3O4S. The van der Waals surface area contributed by atoms with Crippen molar-refractivity contribution in [3.63, 3.8) is 0 Å². The van der Waals surface area contributed by atoms with Crippen LogP contribution in [-0.4, -0.2) is 57.3 Å². The maximum absolute atomic E-state index is 12.9. The molecule has 1 fully saturated rings. The van der Waals surface area contributed by atoms with E-state index in [0.29, 0.717) is 32.1 Å². The number of morpholine rings is 1. The van der Waals surface area contributed by atoms with E-state index < -0.39 is 10.0 Å². The number of aromatic nitrogens is 1. The monoisotopic (exact) mass is 407 g/mol. The number of hydrogen-bond acceptors (Lipinski definition) is 5. The molecule has 1 aromatic carbocycles. The molecule has 3 rings (SSSR count). The molecular weight excluding hydrogens is 378 g/mol. The zero-order valence-corrected chi connectivity index (χ0v) is 17.5. The summed E-state index contributed by atoms with van der Waals surface area (Å²) >= 11 is 0. The lowest BCUT2D eigenvalue weighted by molar-refractivity contribution is 0.0158. The maximum atomic E-state index is 12.9. The van der Waals surface area contributed by atoms with E-state index in [1.165, 1.54) is 0 Å². The van der Waals surface area contributed by atoms with E-state index in [-0.39, 0.29) is 10.9 Å². The van der Waals surface area contributed by atoms with Gasteiger partial charge in [0.25, 0.3) is 0 Å². The number of nitrogens with one attached hydrogen (secondary N) is 1. The summed E-state index contributed by atoms with van der Waals surface area (Å²) in [5.74, 6) is 0.705. The first kappa shape index (κ1) is 20.9. The second-order valence-corrected chi connectivity index (χ2v) is 8.69. The Morgan fingerprint density at radius 2 is 2.00 bits per heavy atom. The summed E-state index contributed by atoms with van der Waals surface area (Å²) in [6.07, 6.45) is 1.98. The van der Waals surface area contributed by atoms with Crippen LogP contribution in [0.4, 0.5) is 0 Å². The fourth-order valence-corrected chi connectivity index (χ4v) is 4.63. The molecule has 7 nitrogen and oxygen atoms in total. The van der Waals surface area contributed by atoms with Gasteiger partial charge in [0.05, 0.1) is 30.8 Å². The van der Waals surface area contributed by atoms with Crippen molar-refractivity contribution in [2.75, 3.05) is 39.5 Å². The highest BCUT2D eigenvalue weighted by Gasteiger charge is 2.26. The fourth-order valence-electron chi connectivity index (χ4n) is 3.51. The second-order valence-electron chi connectivity index (χ2n) is 6.92. The van der Waals surface area contributed by atoms with Gasteiger partial charge >= 0.3 is 0 Å². The number of ether oxygens (including phenoxy) is 2. The van der Waals surface area contributed by atoms with E-state index in [9.17, 15) is 8.42 Å². The minimum absolute atomic E-state index is 0.0533. The summed E-state index contributed by atoms with van der Waals surface area (Å²) in [4.78, 5) is 2.52. The van der Waals surface area contributed by atoms with E-state index in [4.69, 9.17) is 9.47 Å². The SMILES string of the molecule is CCOc1ccc(S(=O)(=O)NCC(c2cccn2C)N2CCOCC2)cc1C. The predicted octanol–water partition coefficient (Wildman–Crippen LogP) is 2.08. The summed E-state index contributed by atoms with van der Waals surface area (Å²) < 4.78 is 41.6. The van der Waals surface area contributed by atoms with Gasteiger partial charge in [-0.1, -0.05) is 0 Å². The van der Waals surface area contributed by atoms with Crippen LogP contribution in [0.2, 0.25) is 0 Å². The van der Waals surface area contributed by atoms with Crippen LogP contribution in [0, 0.1) is 6.92 Å². The fraction of sp³-hybridized carbons (Fsp3) is 0.500. The number of hydrogen-bond donors (Lipinski definition) is 1. The summed E-state index contributed by atoms with van der Waals surface area (Å²) in [6.45, 7) is 7.47. The van der Waals surface area contributed by atoms with E-state index in [2.05, 4.69) is 9.62 Å². The van der Waals surface area contributed by atoms with Crippen molar-refractivity contribution >= 4 is 10.0 Å². The van der Waals surface area contributed by atoms with Crippen molar-refractivity contribution < 1.29 is 17.9 Å². The molecule has 1 unspecified atom stereocenters. The Morgan fingerprint density at radius 3 is 2.61 bits per heavy atom. The predicted molar refractivity (Wildman–Crippen MR) is 108 cm³/mol. The summed E-state index contributed by atoms with van der Waals surface area (Å²) in [5, 5.41) is 0. The Balaban J connectivity index is 1.78. The maximum Gasteiger partial charge on any atom is 0.240 e. The highest BCUT2D eigenvalue weighted by atomic mass is 32.2. The van der Waals surface area contributed by atoms with E-state index in [1.54, 1.807) is 18.2 Å². The molecule has 1 atom stereocenters. The van der Waals surface area contributed by atoms with Crippen molar-refractivity contribution in [2.24, 2.45) is 7.05 Å². The van der Waals surface area contributed by atoms with Crippen molar-refractivity contribution in [2.45, 2.75) is 24.8 Å². The first-order chi connectivity index (χ1) is 13.4. The lowest BCUT2D eigenvalue weighted by Crippen LogP contribution is -2.44. The standard InChI is InChI=1S/C20H29N3O4S/c1-4-27-20-8-7-17(14-16(20)2)28(24,25)21-15-19(18-6-5-9-22(18)3)23-10-12-26-13-11-23/h5-9,14,19,21H,4,10-13,15H2,1-3H3. The zero-order valence-electron chi connectivity index (χ0n) is 16.7. The van der Waals surface area contributed by atoms with E-state index in [1.807, 2.05) is 43.8 Å². The third kappa shape index (κ3) is 4.75. The highest BCUT2D eigenvalue weighted by molar-refractivity contribution is 7.89. The molecule has 0 aliphatic carbocycles. The van der Waals surface area contributed by atoms with Gasteiger partial charge in [0.2, 0.25) is 10.0 Å². The van der Waals surface area contributed by atoms with Crippen LogP contribution in [0.3, 0.4) is 0 Å². The normalized spacial score (nSPS) is 16.8. The summed E-state index contributed by atoms with van der Waals surface area (Å²) in [7, 11) is -1.65.